The highest BCUT2D eigenvalue weighted by atomic mass is 32.2. The molecular formula is C23H27NO3S. The Hall–Kier alpha value is -2.40. The first kappa shape index (κ1) is 20.3. The second kappa shape index (κ2) is 8.74. The summed E-state index contributed by atoms with van der Waals surface area (Å²) in [5.74, 6) is 0.738. The molecule has 4 nitrogen and oxygen atoms in total. The lowest BCUT2D eigenvalue weighted by Crippen LogP contribution is -2.38. The summed E-state index contributed by atoms with van der Waals surface area (Å²) in [6.07, 6.45) is 1.93. The van der Waals surface area contributed by atoms with Crippen LogP contribution in [0.25, 0.3) is 0 Å². The summed E-state index contributed by atoms with van der Waals surface area (Å²) in [7, 11) is 0.325. The number of anilines is 1. The van der Waals surface area contributed by atoms with Crippen LogP contribution in [-0.4, -0.2) is 17.2 Å². The fraction of sp³-hybridized carbons (Fsp3) is 0.348. The molecule has 0 saturated carbocycles. The summed E-state index contributed by atoms with van der Waals surface area (Å²) < 4.78 is 18.7. The lowest BCUT2D eigenvalue weighted by molar-refractivity contribution is -0.119. The first-order valence-corrected chi connectivity index (χ1v) is 10.8. The molecule has 0 spiro atoms. The van der Waals surface area contributed by atoms with Crippen molar-refractivity contribution in [2.24, 2.45) is 5.92 Å². The van der Waals surface area contributed by atoms with Crippen LogP contribution in [0.5, 0.6) is 5.75 Å². The maximum atomic E-state index is 13.5. The van der Waals surface area contributed by atoms with E-state index in [0.29, 0.717) is 12.8 Å². The maximum Gasteiger partial charge on any atom is 0.231 e. The standard InChI is InChI=1S/C23H27NO3S/c1-5-6-21-23(28(26)20-13-7-16(2)8-14-20)17(3)15-22(25)24(21)18-9-11-19(27-4)12-10-18/h7-14,17H,5-6,15H2,1-4H3/t17-,28?/m1/s1. The van der Waals surface area contributed by atoms with Gasteiger partial charge in [0.2, 0.25) is 5.91 Å². The average Bonchev–Trinajstić information content (AvgIpc) is 2.68. The van der Waals surface area contributed by atoms with Crippen LogP contribution in [0, 0.1) is 12.8 Å². The molecule has 1 unspecified atom stereocenters. The summed E-state index contributed by atoms with van der Waals surface area (Å²) in [5.41, 5.74) is 2.80. The van der Waals surface area contributed by atoms with Gasteiger partial charge in [-0.2, -0.15) is 0 Å². The quantitative estimate of drug-likeness (QED) is 0.673. The van der Waals surface area contributed by atoms with Crippen molar-refractivity contribution in [3.63, 3.8) is 0 Å². The highest BCUT2D eigenvalue weighted by Crippen LogP contribution is 2.38. The van der Waals surface area contributed by atoms with E-state index >= 15 is 0 Å². The summed E-state index contributed by atoms with van der Waals surface area (Å²) in [4.78, 5) is 16.4. The molecule has 0 aromatic heterocycles. The average molecular weight is 398 g/mol. The zero-order valence-electron chi connectivity index (χ0n) is 16.9. The normalized spacial score (nSPS) is 18.4. The molecular weight excluding hydrogens is 370 g/mol. The Balaban J connectivity index is 2.11. The molecule has 0 radical (unpaired) electrons. The Kier molecular flexibility index (Phi) is 6.35. The van der Waals surface area contributed by atoms with E-state index in [-0.39, 0.29) is 11.8 Å². The van der Waals surface area contributed by atoms with Gasteiger partial charge in [-0.1, -0.05) is 38.0 Å². The topological polar surface area (TPSA) is 46.6 Å². The summed E-state index contributed by atoms with van der Waals surface area (Å²) in [5, 5.41) is 0. The number of nitrogens with zero attached hydrogens (tertiary/aromatic N) is 1. The minimum atomic E-state index is -1.29. The Morgan fingerprint density at radius 1 is 1.11 bits per heavy atom. The Morgan fingerprint density at radius 3 is 2.32 bits per heavy atom. The largest absolute Gasteiger partial charge is 0.497 e. The second-order valence-electron chi connectivity index (χ2n) is 7.18. The van der Waals surface area contributed by atoms with Gasteiger partial charge in [-0.25, -0.2) is 4.21 Å². The first-order valence-electron chi connectivity index (χ1n) is 9.64. The molecule has 0 bridgehead atoms. The van der Waals surface area contributed by atoms with Crippen LogP contribution >= 0.6 is 0 Å². The fourth-order valence-corrected chi connectivity index (χ4v) is 5.07. The summed E-state index contributed by atoms with van der Waals surface area (Å²) >= 11 is 0. The number of allylic oxidation sites excluding steroid dienone is 2. The molecule has 1 aliphatic rings. The molecule has 0 fully saturated rings. The number of amides is 1. The number of methoxy groups -OCH3 is 1. The van der Waals surface area contributed by atoms with Gasteiger partial charge >= 0.3 is 0 Å². The number of hydrogen-bond acceptors (Lipinski definition) is 3. The van der Waals surface area contributed by atoms with Crippen LogP contribution in [0.2, 0.25) is 0 Å². The zero-order valence-corrected chi connectivity index (χ0v) is 17.7. The summed E-state index contributed by atoms with van der Waals surface area (Å²) in [6.45, 7) is 6.09. The van der Waals surface area contributed by atoms with E-state index in [9.17, 15) is 9.00 Å². The molecule has 5 heteroatoms. The van der Waals surface area contributed by atoms with E-state index in [2.05, 4.69) is 6.92 Å². The van der Waals surface area contributed by atoms with Gasteiger partial charge in [-0.05, 0) is 49.7 Å². The highest BCUT2D eigenvalue weighted by molar-refractivity contribution is 7.89. The van der Waals surface area contributed by atoms with Crippen molar-refractivity contribution in [1.29, 1.82) is 0 Å². The van der Waals surface area contributed by atoms with Gasteiger partial charge in [-0.3, -0.25) is 9.69 Å². The van der Waals surface area contributed by atoms with Crippen LogP contribution in [0.3, 0.4) is 0 Å². The predicted molar refractivity (Wildman–Crippen MR) is 114 cm³/mol. The van der Waals surface area contributed by atoms with E-state index in [1.54, 1.807) is 12.0 Å². The van der Waals surface area contributed by atoms with Gasteiger partial charge in [0.05, 0.1) is 17.9 Å². The monoisotopic (exact) mass is 397 g/mol. The third-order valence-corrected chi connectivity index (χ3v) is 6.72. The molecule has 2 aromatic carbocycles. The van der Waals surface area contributed by atoms with Crippen LogP contribution < -0.4 is 9.64 Å². The van der Waals surface area contributed by atoms with Crippen LogP contribution in [0.4, 0.5) is 5.69 Å². The molecule has 1 amide bonds. The van der Waals surface area contributed by atoms with Gasteiger partial charge in [0, 0.05) is 33.5 Å². The van der Waals surface area contributed by atoms with E-state index in [1.807, 2.05) is 62.4 Å². The molecule has 2 aromatic rings. The third kappa shape index (κ3) is 4.04. The number of rotatable bonds is 6. The van der Waals surface area contributed by atoms with Crippen molar-refractivity contribution in [3.05, 3.63) is 64.7 Å². The number of aryl methyl sites for hydroxylation is 1. The molecule has 1 aliphatic heterocycles. The Morgan fingerprint density at radius 2 is 1.75 bits per heavy atom. The van der Waals surface area contributed by atoms with Gasteiger partial charge < -0.3 is 4.74 Å². The number of hydrogen-bond donors (Lipinski definition) is 0. The van der Waals surface area contributed by atoms with Crippen molar-refractivity contribution < 1.29 is 13.7 Å². The summed E-state index contributed by atoms with van der Waals surface area (Å²) in [6, 6.07) is 15.3. The fourth-order valence-electron chi connectivity index (χ4n) is 3.57. The van der Waals surface area contributed by atoms with Crippen molar-refractivity contribution >= 4 is 22.4 Å². The number of ether oxygens (including phenoxy) is 1. The lowest BCUT2D eigenvalue weighted by Gasteiger charge is -2.35. The van der Waals surface area contributed by atoms with Gasteiger partial charge in [0.15, 0.2) is 0 Å². The smallest absolute Gasteiger partial charge is 0.231 e. The van der Waals surface area contributed by atoms with E-state index in [1.165, 1.54) is 0 Å². The van der Waals surface area contributed by atoms with E-state index in [4.69, 9.17) is 4.74 Å². The van der Waals surface area contributed by atoms with Crippen molar-refractivity contribution in [2.45, 2.75) is 44.9 Å². The number of benzene rings is 2. The number of carbonyl (C=O) groups excluding carboxylic acids is 1. The van der Waals surface area contributed by atoms with E-state index < -0.39 is 10.8 Å². The Bertz CT molecular complexity index is 900. The van der Waals surface area contributed by atoms with Crippen molar-refractivity contribution in [3.8, 4) is 5.75 Å². The molecule has 2 atom stereocenters. The molecule has 3 rings (SSSR count). The minimum Gasteiger partial charge on any atom is -0.497 e. The molecule has 148 valence electrons. The van der Waals surface area contributed by atoms with Gasteiger partial charge in [0.1, 0.15) is 5.75 Å². The van der Waals surface area contributed by atoms with Crippen LogP contribution in [0.1, 0.15) is 38.7 Å². The molecule has 0 N–H and O–H groups in total. The molecule has 28 heavy (non-hydrogen) atoms. The molecule has 1 heterocycles. The van der Waals surface area contributed by atoms with Gasteiger partial charge in [-0.15, -0.1) is 0 Å². The maximum absolute atomic E-state index is 13.5. The van der Waals surface area contributed by atoms with Gasteiger partial charge in [0.25, 0.3) is 0 Å². The van der Waals surface area contributed by atoms with Crippen molar-refractivity contribution in [1.82, 2.24) is 0 Å². The van der Waals surface area contributed by atoms with Crippen LogP contribution in [-0.2, 0) is 15.6 Å². The minimum absolute atomic E-state index is 0.0470. The molecule has 0 saturated heterocycles. The van der Waals surface area contributed by atoms with E-state index in [0.717, 1.165) is 38.9 Å². The highest BCUT2D eigenvalue weighted by Gasteiger charge is 2.35. The number of carbonyl (C=O) groups is 1. The Labute approximate surface area is 169 Å². The zero-order chi connectivity index (χ0) is 20.3. The SMILES string of the molecule is CCCC1=C(S(=O)c2ccc(C)cc2)[C@H](C)CC(=O)N1c1ccc(OC)cc1. The predicted octanol–water partition coefficient (Wildman–Crippen LogP) is 5.20. The first-order chi connectivity index (χ1) is 13.5. The lowest BCUT2D eigenvalue weighted by atomic mass is 9.97. The van der Waals surface area contributed by atoms with Crippen LogP contribution in [0.15, 0.2) is 64.0 Å². The van der Waals surface area contributed by atoms with Crippen molar-refractivity contribution in [2.75, 3.05) is 12.0 Å². The second-order valence-corrected chi connectivity index (χ2v) is 8.62. The third-order valence-electron chi connectivity index (χ3n) is 4.98. The molecule has 0 aliphatic carbocycles.